The summed E-state index contributed by atoms with van der Waals surface area (Å²) in [6.45, 7) is 2.22. The molecule has 1 N–H and O–H groups in total. The van der Waals surface area contributed by atoms with Crippen molar-refractivity contribution in [1.82, 2.24) is 20.2 Å². The molecule has 1 atom stereocenters. The van der Waals surface area contributed by atoms with E-state index >= 15 is 0 Å². The second-order valence-corrected chi connectivity index (χ2v) is 7.87. The molecule has 6 nitrogen and oxygen atoms in total. The first-order chi connectivity index (χ1) is 14.7. The van der Waals surface area contributed by atoms with Gasteiger partial charge in [-0.2, -0.15) is 4.68 Å². The van der Waals surface area contributed by atoms with Crippen LogP contribution < -0.4 is 4.74 Å². The number of aliphatic hydroxyl groups excluding tert-OH is 1. The smallest absolute Gasteiger partial charge is 0.214 e. The minimum atomic E-state index is -0.647. The number of aliphatic hydroxyl groups is 1. The molecule has 0 spiro atoms. The molecule has 7 heteroatoms. The Balaban J connectivity index is 1.30. The van der Waals surface area contributed by atoms with Gasteiger partial charge in [0, 0.05) is 5.75 Å². The van der Waals surface area contributed by atoms with Crippen molar-refractivity contribution in [3.05, 3.63) is 84.4 Å². The summed E-state index contributed by atoms with van der Waals surface area (Å²) in [4.78, 5) is 0. The Morgan fingerprint density at radius 3 is 2.50 bits per heavy atom. The highest BCUT2D eigenvalue weighted by Crippen LogP contribution is 2.23. The van der Waals surface area contributed by atoms with Gasteiger partial charge in [0.2, 0.25) is 5.16 Å². The van der Waals surface area contributed by atoms with Crippen LogP contribution in [0.4, 0.5) is 0 Å². The molecule has 0 aliphatic rings. The number of tetrazole rings is 1. The van der Waals surface area contributed by atoms with Gasteiger partial charge < -0.3 is 9.84 Å². The van der Waals surface area contributed by atoms with E-state index in [1.807, 2.05) is 73.7 Å². The van der Waals surface area contributed by atoms with E-state index in [-0.39, 0.29) is 6.61 Å². The van der Waals surface area contributed by atoms with Gasteiger partial charge in [0.05, 0.1) is 11.8 Å². The molecule has 30 heavy (non-hydrogen) atoms. The summed E-state index contributed by atoms with van der Waals surface area (Å²) in [6, 6.07) is 26.0. The molecule has 1 heterocycles. The van der Waals surface area contributed by atoms with Gasteiger partial charge in [-0.25, -0.2) is 0 Å². The Labute approximate surface area is 179 Å². The van der Waals surface area contributed by atoms with Gasteiger partial charge in [-0.05, 0) is 58.3 Å². The first kappa shape index (κ1) is 20.1. The lowest BCUT2D eigenvalue weighted by molar-refractivity contribution is 0.126. The van der Waals surface area contributed by atoms with Gasteiger partial charge in [-0.3, -0.25) is 0 Å². The summed E-state index contributed by atoms with van der Waals surface area (Å²) < 4.78 is 7.41. The van der Waals surface area contributed by atoms with Crippen molar-refractivity contribution in [3.63, 3.8) is 0 Å². The summed E-state index contributed by atoms with van der Waals surface area (Å²) in [5, 5.41) is 22.8. The highest BCUT2D eigenvalue weighted by atomic mass is 32.2. The van der Waals surface area contributed by atoms with Gasteiger partial charge >= 0.3 is 0 Å². The predicted octanol–water partition coefficient (Wildman–Crippen LogP) is 4.17. The third-order valence-electron chi connectivity index (χ3n) is 4.50. The largest absolute Gasteiger partial charge is 0.491 e. The van der Waals surface area contributed by atoms with Crippen LogP contribution in [0.25, 0.3) is 16.8 Å². The Hall–Kier alpha value is -3.16. The number of aromatic nitrogens is 4. The molecule has 4 rings (SSSR count). The molecular formula is C23H22N4O2S. The van der Waals surface area contributed by atoms with E-state index < -0.39 is 6.10 Å². The first-order valence-corrected chi connectivity index (χ1v) is 10.6. The van der Waals surface area contributed by atoms with Gasteiger partial charge in [0.15, 0.2) is 0 Å². The topological polar surface area (TPSA) is 73.1 Å². The van der Waals surface area contributed by atoms with Crippen molar-refractivity contribution in [2.45, 2.75) is 18.2 Å². The number of hydrogen-bond acceptors (Lipinski definition) is 6. The van der Waals surface area contributed by atoms with Crippen LogP contribution in [0.2, 0.25) is 0 Å². The van der Waals surface area contributed by atoms with E-state index in [4.69, 9.17) is 4.74 Å². The van der Waals surface area contributed by atoms with E-state index in [0.717, 1.165) is 28.1 Å². The van der Waals surface area contributed by atoms with Crippen LogP contribution in [0.1, 0.15) is 5.56 Å². The lowest BCUT2D eigenvalue weighted by atomic mass is 10.1. The second-order valence-electron chi connectivity index (χ2n) is 6.88. The molecule has 0 saturated carbocycles. The fraction of sp³-hybridized carbons (Fsp3) is 0.174. The van der Waals surface area contributed by atoms with Crippen molar-refractivity contribution >= 4 is 11.8 Å². The minimum Gasteiger partial charge on any atom is -0.491 e. The van der Waals surface area contributed by atoms with Crippen molar-refractivity contribution < 1.29 is 9.84 Å². The highest BCUT2D eigenvalue weighted by Gasteiger charge is 2.13. The predicted molar refractivity (Wildman–Crippen MR) is 118 cm³/mol. The average molecular weight is 419 g/mol. The molecule has 0 aliphatic carbocycles. The van der Waals surface area contributed by atoms with E-state index in [2.05, 4.69) is 27.7 Å². The number of hydrogen-bond donors (Lipinski definition) is 1. The molecule has 4 aromatic rings. The maximum absolute atomic E-state index is 10.3. The van der Waals surface area contributed by atoms with Crippen LogP contribution in [-0.4, -0.2) is 43.8 Å². The van der Waals surface area contributed by atoms with Crippen molar-refractivity contribution in [2.75, 3.05) is 12.4 Å². The average Bonchev–Trinajstić information content (AvgIpc) is 3.26. The van der Waals surface area contributed by atoms with Crippen LogP contribution >= 0.6 is 11.8 Å². The first-order valence-electron chi connectivity index (χ1n) is 9.63. The Kier molecular flexibility index (Phi) is 6.41. The molecule has 0 radical (unpaired) electrons. The zero-order valence-electron chi connectivity index (χ0n) is 16.5. The minimum absolute atomic E-state index is 0.198. The quantitative estimate of drug-likeness (QED) is 0.433. The number of benzene rings is 3. The summed E-state index contributed by atoms with van der Waals surface area (Å²) >= 11 is 1.39. The van der Waals surface area contributed by atoms with Gasteiger partial charge in [0.1, 0.15) is 12.4 Å². The summed E-state index contributed by atoms with van der Waals surface area (Å²) in [5.74, 6) is 1.15. The maximum atomic E-state index is 10.3. The SMILES string of the molecule is Cc1cccc(-n2nnnc2SCC(O)COc2ccc(-c3ccccc3)cc2)c1. The molecule has 1 unspecified atom stereocenters. The number of nitrogens with zero attached hydrogens (tertiary/aromatic N) is 4. The van der Waals surface area contributed by atoms with Crippen LogP contribution in [-0.2, 0) is 0 Å². The zero-order chi connectivity index (χ0) is 20.8. The standard InChI is InChI=1S/C23H22N4O2S/c1-17-6-5-9-20(14-17)27-23(24-25-26-27)30-16-21(28)15-29-22-12-10-19(11-13-22)18-7-3-2-4-8-18/h2-14,21,28H,15-16H2,1H3. The van der Waals surface area contributed by atoms with Gasteiger partial charge in [-0.1, -0.05) is 66.4 Å². The Morgan fingerprint density at radius 2 is 1.73 bits per heavy atom. The Bertz CT molecular complexity index is 1080. The zero-order valence-corrected chi connectivity index (χ0v) is 17.4. The third kappa shape index (κ3) is 5.06. The van der Waals surface area contributed by atoms with E-state index in [9.17, 15) is 5.11 Å². The fourth-order valence-corrected chi connectivity index (χ4v) is 3.77. The van der Waals surface area contributed by atoms with Crippen LogP contribution in [0.15, 0.2) is 84.0 Å². The summed E-state index contributed by atoms with van der Waals surface area (Å²) in [5.41, 5.74) is 4.31. The molecule has 152 valence electrons. The molecule has 0 bridgehead atoms. The second kappa shape index (κ2) is 9.56. The molecule has 0 saturated heterocycles. The van der Waals surface area contributed by atoms with Gasteiger partial charge in [-0.15, -0.1) is 5.10 Å². The molecule has 1 aromatic heterocycles. The monoisotopic (exact) mass is 418 g/mol. The summed E-state index contributed by atoms with van der Waals surface area (Å²) in [6.07, 6.45) is -0.647. The fourth-order valence-electron chi connectivity index (χ4n) is 2.98. The van der Waals surface area contributed by atoms with Crippen LogP contribution in [0.5, 0.6) is 5.75 Å². The van der Waals surface area contributed by atoms with Crippen molar-refractivity contribution in [3.8, 4) is 22.6 Å². The van der Waals surface area contributed by atoms with Crippen molar-refractivity contribution in [2.24, 2.45) is 0 Å². The van der Waals surface area contributed by atoms with Gasteiger partial charge in [0.25, 0.3) is 0 Å². The van der Waals surface area contributed by atoms with Crippen LogP contribution in [0, 0.1) is 6.92 Å². The molecule has 3 aromatic carbocycles. The van der Waals surface area contributed by atoms with E-state index in [0.29, 0.717) is 10.9 Å². The third-order valence-corrected chi connectivity index (χ3v) is 5.56. The number of aryl methyl sites for hydroxylation is 1. The molecule has 0 fully saturated rings. The van der Waals surface area contributed by atoms with E-state index in [1.54, 1.807) is 4.68 Å². The summed E-state index contributed by atoms with van der Waals surface area (Å²) in [7, 11) is 0. The number of thioether (sulfide) groups is 1. The normalized spacial score (nSPS) is 11.9. The maximum Gasteiger partial charge on any atom is 0.214 e. The van der Waals surface area contributed by atoms with Crippen LogP contribution in [0.3, 0.4) is 0 Å². The molecule has 0 aliphatic heterocycles. The van der Waals surface area contributed by atoms with Crippen molar-refractivity contribution in [1.29, 1.82) is 0 Å². The molecular weight excluding hydrogens is 396 g/mol. The van der Waals surface area contributed by atoms with E-state index in [1.165, 1.54) is 11.8 Å². The highest BCUT2D eigenvalue weighted by molar-refractivity contribution is 7.99. The number of ether oxygens (including phenoxy) is 1. The lowest BCUT2D eigenvalue weighted by Gasteiger charge is -2.12. The number of rotatable bonds is 8. The lowest BCUT2D eigenvalue weighted by Crippen LogP contribution is -2.20. The Morgan fingerprint density at radius 1 is 0.967 bits per heavy atom. The molecule has 0 amide bonds.